The number of hydrogen-bond donors (Lipinski definition) is 1. The van der Waals surface area contributed by atoms with Crippen molar-refractivity contribution >= 4 is 17.2 Å². The van der Waals surface area contributed by atoms with Crippen LogP contribution >= 0.6 is 11.3 Å². The van der Waals surface area contributed by atoms with E-state index in [1.165, 1.54) is 18.3 Å². The number of benzene rings is 1. The highest BCUT2D eigenvalue weighted by Gasteiger charge is 2.08. The van der Waals surface area contributed by atoms with E-state index in [1.807, 2.05) is 17.5 Å². The van der Waals surface area contributed by atoms with Crippen LogP contribution in [0.15, 0.2) is 54.0 Å². The van der Waals surface area contributed by atoms with Gasteiger partial charge in [-0.1, -0.05) is 6.07 Å². The molecule has 0 bridgehead atoms. The number of nitrogens with one attached hydrogen (secondary N) is 1. The molecule has 0 saturated heterocycles. The molecule has 1 aromatic carbocycles. The predicted molar refractivity (Wildman–Crippen MR) is 85.1 cm³/mol. The largest absolute Gasteiger partial charge is 0.348 e. The summed E-state index contributed by atoms with van der Waals surface area (Å²) < 4.78 is 26.2. The lowest BCUT2D eigenvalue weighted by atomic mass is 10.2. The first kappa shape index (κ1) is 15.3. The number of rotatable bonds is 4. The van der Waals surface area contributed by atoms with Gasteiger partial charge in [-0.15, -0.1) is 11.3 Å². The molecule has 6 heteroatoms. The Morgan fingerprint density at radius 3 is 2.52 bits per heavy atom. The molecular formula is C17H12F2N2OS. The molecule has 0 atom stereocenters. The fourth-order valence-corrected chi connectivity index (χ4v) is 2.80. The van der Waals surface area contributed by atoms with Crippen LogP contribution in [-0.2, 0) is 6.54 Å². The molecule has 0 spiro atoms. The molecule has 0 aliphatic rings. The number of thiophene rings is 1. The third kappa shape index (κ3) is 3.78. The van der Waals surface area contributed by atoms with Crippen molar-refractivity contribution < 1.29 is 13.6 Å². The van der Waals surface area contributed by atoms with Crippen molar-refractivity contribution in [3.8, 4) is 10.6 Å². The van der Waals surface area contributed by atoms with Gasteiger partial charge in [0.25, 0.3) is 5.91 Å². The van der Waals surface area contributed by atoms with E-state index in [4.69, 9.17) is 0 Å². The number of carbonyl (C=O) groups excluding carboxylic acids is 1. The zero-order chi connectivity index (χ0) is 16.2. The van der Waals surface area contributed by atoms with Gasteiger partial charge in [0.15, 0.2) is 0 Å². The molecule has 0 unspecified atom stereocenters. The van der Waals surface area contributed by atoms with Crippen molar-refractivity contribution in [3.05, 3.63) is 76.8 Å². The molecule has 2 aromatic heterocycles. The molecule has 3 nitrogen and oxygen atoms in total. The van der Waals surface area contributed by atoms with Gasteiger partial charge < -0.3 is 5.32 Å². The maximum atomic E-state index is 13.1. The highest BCUT2D eigenvalue weighted by Crippen LogP contribution is 2.22. The quantitative estimate of drug-likeness (QED) is 0.785. The summed E-state index contributed by atoms with van der Waals surface area (Å²) in [6, 6.07) is 10.5. The summed E-state index contributed by atoms with van der Waals surface area (Å²) in [6.45, 7) is 0.0419. The zero-order valence-corrected chi connectivity index (χ0v) is 12.7. The first-order valence-corrected chi connectivity index (χ1v) is 7.73. The molecule has 3 aromatic rings. The van der Waals surface area contributed by atoms with Crippen LogP contribution in [0.4, 0.5) is 8.78 Å². The Bertz CT molecular complexity index is 797. The van der Waals surface area contributed by atoms with Crippen LogP contribution in [0.25, 0.3) is 10.6 Å². The summed E-state index contributed by atoms with van der Waals surface area (Å²) in [5.41, 5.74) is 1.55. The fourth-order valence-electron chi connectivity index (χ4n) is 2.10. The van der Waals surface area contributed by atoms with Gasteiger partial charge in [0.2, 0.25) is 0 Å². The van der Waals surface area contributed by atoms with Gasteiger partial charge in [0, 0.05) is 18.8 Å². The molecule has 0 fully saturated rings. The van der Waals surface area contributed by atoms with Crippen LogP contribution in [0.1, 0.15) is 15.9 Å². The van der Waals surface area contributed by atoms with E-state index in [0.717, 1.165) is 16.6 Å². The van der Waals surface area contributed by atoms with Crippen molar-refractivity contribution in [1.29, 1.82) is 0 Å². The van der Waals surface area contributed by atoms with Crippen molar-refractivity contribution in [2.45, 2.75) is 6.54 Å². The summed E-state index contributed by atoms with van der Waals surface area (Å²) in [6.07, 6.45) is 1.48. The Kier molecular flexibility index (Phi) is 4.43. The van der Waals surface area contributed by atoms with E-state index >= 15 is 0 Å². The summed E-state index contributed by atoms with van der Waals surface area (Å²) in [7, 11) is 0. The lowest BCUT2D eigenvalue weighted by Gasteiger charge is -2.06. The van der Waals surface area contributed by atoms with Crippen LogP contribution in [0.5, 0.6) is 0 Å². The molecule has 0 radical (unpaired) electrons. The van der Waals surface area contributed by atoms with E-state index in [9.17, 15) is 13.6 Å². The molecule has 3 rings (SSSR count). The summed E-state index contributed by atoms with van der Waals surface area (Å²) in [4.78, 5) is 17.3. The Hall–Kier alpha value is -2.60. The molecule has 23 heavy (non-hydrogen) atoms. The predicted octanol–water partition coefficient (Wildman–Crippen LogP) is 4.02. The number of amides is 1. The molecule has 2 heterocycles. The minimum Gasteiger partial charge on any atom is -0.348 e. The second-order valence-electron chi connectivity index (χ2n) is 4.87. The van der Waals surface area contributed by atoms with Crippen LogP contribution in [-0.4, -0.2) is 10.9 Å². The van der Waals surface area contributed by atoms with E-state index in [1.54, 1.807) is 23.5 Å². The maximum absolute atomic E-state index is 13.1. The van der Waals surface area contributed by atoms with Gasteiger partial charge in [0.05, 0.1) is 16.1 Å². The molecule has 116 valence electrons. The Labute approximate surface area is 135 Å². The average Bonchev–Trinajstić information content (AvgIpc) is 3.06. The summed E-state index contributed by atoms with van der Waals surface area (Å²) in [5, 5.41) is 4.57. The number of aromatic nitrogens is 1. The van der Waals surface area contributed by atoms with Gasteiger partial charge in [0.1, 0.15) is 11.6 Å². The lowest BCUT2D eigenvalue weighted by Crippen LogP contribution is -2.23. The third-order valence-electron chi connectivity index (χ3n) is 3.17. The number of carbonyl (C=O) groups is 1. The van der Waals surface area contributed by atoms with Crippen molar-refractivity contribution in [2.75, 3.05) is 0 Å². The topological polar surface area (TPSA) is 42.0 Å². The third-order valence-corrected chi connectivity index (χ3v) is 4.07. The first-order chi connectivity index (χ1) is 11.1. The Morgan fingerprint density at radius 1 is 1.13 bits per heavy atom. The molecular weight excluding hydrogens is 318 g/mol. The fraction of sp³-hybridized carbons (Fsp3) is 0.0588. The highest BCUT2D eigenvalue weighted by atomic mass is 32.1. The van der Waals surface area contributed by atoms with E-state index < -0.39 is 11.6 Å². The van der Waals surface area contributed by atoms with Gasteiger partial charge in [-0.3, -0.25) is 9.78 Å². The van der Waals surface area contributed by atoms with Gasteiger partial charge >= 0.3 is 0 Å². The minimum absolute atomic E-state index is 0.0419. The maximum Gasteiger partial charge on any atom is 0.253 e. The van der Waals surface area contributed by atoms with Gasteiger partial charge in [-0.2, -0.15) is 0 Å². The first-order valence-electron chi connectivity index (χ1n) is 6.85. The van der Waals surface area contributed by atoms with Crippen molar-refractivity contribution in [3.63, 3.8) is 0 Å². The molecule has 0 saturated carbocycles. The van der Waals surface area contributed by atoms with Crippen molar-refractivity contribution in [2.24, 2.45) is 0 Å². The normalized spacial score (nSPS) is 10.5. The summed E-state index contributed by atoms with van der Waals surface area (Å²) in [5.74, 6) is -1.69. The van der Waals surface area contributed by atoms with E-state index in [2.05, 4.69) is 10.3 Å². The van der Waals surface area contributed by atoms with E-state index in [-0.39, 0.29) is 12.5 Å². The Morgan fingerprint density at radius 2 is 1.91 bits per heavy atom. The minimum atomic E-state index is -0.670. The number of nitrogens with zero attached hydrogens (tertiary/aromatic N) is 1. The smallest absolute Gasteiger partial charge is 0.253 e. The molecule has 0 aliphatic carbocycles. The monoisotopic (exact) mass is 330 g/mol. The zero-order valence-electron chi connectivity index (χ0n) is 11.9. The van der Waals surface area contributed by atoms with Crippen LogP contribution in [0.2, 0.25) is 0 Å². The van der Waals surface area contributed by atoms with E-state index in [0.29, 0.717) is 11.1 Å². The van der Waals surface area contributed by atoms with Crippen LogP contribution in [0.3, 0.4) is 0 Å². The van der Waals surface area contributed by atoms with Crippen LogP contribution < -0.4 is 5.32 Å². The highest BCUT2D eigenvalue weighted by molar-refractivity contribution is 7.13. The molecule has 1 amide bonds. The van der Waals surface area contributed by atoms with Crippen LogP contribution in [0, 0.1) is 11.6 Å². The number of hydrogen-bond acceptors (Lipinski definition) is 3. The van der Waals surface area contributed by atoms with Gasteiger partial charge in [-0.25, -0.2) is 8.78 Å². The summed E-state index contributed by atoms with van der Waals surface area (Å²) >= 11 is 1.57. The molecule has 0 aliphatic heterocycles. The van der Waals surface area contributed by atoms with Gasteiger partial charge in [-0.05, 0) is 41.3 Å². The SMILES string of the molecule is O=C(NCc1cc(F)cc(F)c1)c1ccc(-c2cccs2)nc1. The van der Waals surface area contributed by atoms with Crippen molar-refractivity contribution in [1.82, 2.24) is 10.3 Å². The second-order valence-corrected chi connectivity index (χ2v) is 5.82. The second kappa shape index (κ2) is 6.66. The Balaban J connectivity index is 1.66. The lowest BCUT2D eigenvalue weighted by molar-refractivity contribution is 0.0950. The number of halogens is 2. The standard InChI is InChI=1S/C17H12F2N2OS/c18-13-6-11(7-14(19)8-13)9-21-17(22)12-3-4-15(20-10-12)16-2-1-5-23-16/h1-8,10H,9H2,(H,21,22). The average molecular weight is 330 g/mol. The molecule has 1 N–H and O–H groups in total. The number of pyridine rings is 1.